The lowest BCUT2D eigenvalue weighted by Gasteiger charge is -2.11. The largest absolute Gasteiger partial charge is 0.242 e. The summed E-state index contributed by atoms with van der Waals surface area (Å²) in [6.07, 6.45) is 2.53. The van der Waals surface area contributed by atoms with Crippen LogP contribution in [0.1, 0.15) is 17.0 Å². The highest BCUT2D eigenvalue weighted by atomic mass is 32.2. The molecule has 8 nitrogen and oxygen atoms in total. The van der Waals surface area contributed by atoms with Crippen LogP contribution in [0.5, 0.6) is 0 Å². The first kappa shape index (κ1) is 20.2. The van der Waals surface area contributed by atoms with E-state index in [4.69, 9.17) is 0 Å². The Kier molecular flexibility index (Phi) is 5.37. The molecule has 3 rings (SSSR count). The molecule has 0 radical (unpaired) electrons. The number of rotatable bonds is 6. The fourth-order valence-corrected chi connectivity index (χ4v) is 5.39. The SMILES string of the molecule is Cc1cc(C)n(-c2ccc(CNS(=O)(=O)c3ccccc3S(C)(=O)=O)cn2)n1. The number of aryl methyl sites for hydroxylation is 2. The van der Waals surface area contributed by atoms with Crippen molar-refractivity contribution in [3.63, 3.8) is 0 Å². The molecule has 0 fully saturated rings. The van der Waals surface area contributed by atoms with Gasteiger partial charge in [-0.1, -0.05) is 18.2 Å². The fraction of sp³-hybridized carbons (Fsp3) is 0.222. The van der Waals surface area contributed by atoms with Gasteiger partial charge in [-0.2, -0.15) is 5.10 Å². The van der Waals surface area contributed by atoms with E-state index < -0.39 is 19.9 Å². The fourth-order valence-electron chi connectivity index (χ4n) is 2.74. The predicted octanol–water partition coefficient (Wildman–Crippen LogP) is 1.77. The van der Waals surface area contributed by atoms with Gasteiger partial charge in [0.05, 0.1) is 10.6 Å². The third-order valence-electron chi connectivity index (χ3n) is 4.04. The number of hydrogen-bond acceptors (Lipinski definition) is 6. The molecule has 10 heteroatoms. The van der Waals surface area contributed by atoms with Crippen LogP contribution < -0.4 is 4.72 Å². The van der Waals surface area contributed by atoms with Gasteiger partial charge in [0.15, 0.2) is 15.7 Å². The summed E-state index contributed by atoms with van der Waals surface area (Å²) >= 11 is 0. The molecule has 0 saturated heterocycles. The Labute approximate surface area is 164 Å². The van der Waals surface area contributed by atoms with Crippen LogP contribution in [0.4, 0.5) is 0 Å². The number of sulfone groups is 1. The van der Waals surface area contributed by atoms with Gasteiger partial charge in [-0.05, 0) is 43.7 Å². The molecule has 1 aromatic carbocycles. The first-order valence-electron chi connectivity index (χ1n) is 8.35. The number of hydrogen-bond donors (Lipinski definition) is 1. The van der Waals surface area contributed by atoms with Crippen molar-refractivity contribution in [1.29, 1.82) is 0 Å². The Morgan fingerprint density at radius 3 is 2.21 bits per heavy atom. The van der Waals surface area contributed by atoms with Gasteiger partial charge in [-0.3, -0.25) is 0 Å². The maximum absolute atomic E-state index is 12.6. The molecular formula is C18H20N4O4S2. The van der Waals surface area contributed by atoms with Crippen LogP contribution >= 0.6 is 0 Å². The molecule has 0 spiro atoms. The van der Waals surface area contributed by atoms with E-state index in [0.29, 0.717) is 11.4 Å². The molecule has 0 aliphatic heterocycles. The molecule has 0 aliphatic carbocycles. The number of pyridine rings is 1. The second-order valence-corrected chi connectivity index (χ2v) is 10.1. The van der Waals surface area contributed by atoms with E-state index in [1.165, 1.54) is 24.3 Å². The third-order valence-corrected chi connectivity index (χ3v) is 6.78. The van der Waals surface area contributed by atoms with E-state index in [1.807, 2.05) is 19.9 Å². The van der Waals surface area contributed by atoms with Crippen molar-refractivity contribution in [2.75, 3.05) is 6.26 Å². The van der Waals surface area contributed by atoms with Crippen molar-refractivity contribution >= 4 is 19.9 Å². The highest BCUT2D eigenvalue weighted by Gasteiger charge is 2.23. The Bertz CT molecular complexity index is 1210. The summed E-state index contributed by atoms with van der Waals surface area (Å²) in [5, 5.41) is 4.35. The van der Waals surface area contributed by atoms with Crippen molar-refractivity contribution < 1.29 is 16.8 Å². The molecule has 0 amide bonds. The van der Waals surface area contributed by atoms with Crippen molar-refractivity contribution in [3.8, 4) is 5.82 Å². The van der Waals surface area contributed by atoms with Crippen molar-refractivity contribution in [1.82, 2.24) is 19.5 Å². The van der Waals surface area contributed by atoms with Gasteiger partial charge in [0.1, 0.15) is 4.90 Å². The normalized spacial score (nSPS) is 12.2. The van der Waals surface area contributed by atoms with Gasteiger partial charge >= 0.3 is 0 Å². The molecule has 0 bridgehead atoms. The van der Waals surface area contributed by atoms with Crippen LogP contribution in [0.25, 0.3) is 5.82 Å². The standard InChI is InChI=1S/C18H20N4O4S2/c1-13-10-14(2)22(21-13)18-9-8-15(11-19-18)12-20-28(25,26)17-7-5-4-6-16(17)27(3,23)24/h4-11,20H,12H2,1-3H3. The van der Waals surface area contributed by atoms with Crippen LogP contribution in [0.15, 0.2) is 58.5 Å². The molecule has 0 unspecified atom stereocenters. The van der Waals surface area contributed by atoms with E-state index in [2.05, 4.69) is 14.8 Å². The third kappa shape index (κ3) is 4.29. The summed E-state index contributed by atoms with van der Waals surface area (Å²) in [7, 11) is -7.69. The highest BCUT2D eigenvalue weighted by molar-refractivity contribution is 7.93. The lowest BCUT2D eigenvalue weighted by atomic mass is 10.3. The van der Waals surface area contributed by atoms with Crippen molar-refractivity contribution in [2.45, 2.75) is 30.2 Å². The van der Waals surface area contributed by atoms with Gasteiger partial charge in [-0.25, -0.2) is 31.2 Å². The zero-order valence-electron chi connectivity index (χ0n) is 15.6. The van der Waals surface area contributed by atoms with Crippen LogP contribution in [0.3, 0.4) is 0 Å². The molecule has 0 atom stereocenters. The van der Waals surface area contributed by atoms with Crippen LogP contribution in [-0.2, 0) is 26.4 Å². The maximum Gasteiger partial charge on any atom is 0.242 e. The van der Waals surface area contributed by atoms with Crippen LogP contribution in [0, 0.1) is 13.8 Å². The first-order valence-corrected chi connectivity index (χ1v) is 11.7. The lowest BCUT2D eigenvalue weighted by molar-refractivity contribution is 0.574. The first-order chi connectivity index (χ1) is 13.1. The minimum Gasteiger partial charge on any atom is -0.237 e. The summed E-state index contributed by atoms with van der Waals surface area (Å²) in [6, 6.07) is 10.9. The van der Waals surface area contributed by atoms with Gasteiger partial charge in [-0.15, -0.1) is 0 Å². The summed E-state index contributed by atoms with van der Waals surface area (Å²) in [5.74, 6) is 0.625. The lowest BCUT2D eigenvalue weighted by Crippen LogP contribution is -2.25. The van der Waals surface area contributed by atoms with E-state index >= 15 is 0 Å². The molecule has 28 heavy (non-hydrogen) atoms. The zero-order valence-corrected chi connectivity index (χ0v) is 17.3. The smallest absolute Gasteiger partial charge is 0.237 e. The van der Waals surface area contributed by atoms with Gasteiger partial charge in [0.2, 0.25) is 10.0 Å². The van der Waals surface area contributed by atoms with Crippen molar-refractivity contribution in [3.05, 3.63) is 65.6 Å². The quantitative estimate of drug-likeness (QED) is 0.651. The van der Waals surface area contributed by atoms with Gasteiger partial charge in [0.25, 0.3) is 0 Å². The minimum atomic E-state index is -4.01. The molecule has 0 aliphatic rings. The number of nitrogens with one attached hydrogen (secondary N) is 1. The number of aromatic nitrogens is 3. The molecule has 2 heterocycles. The summed E-state index contributed by atoms with van der Waals surface area (Å²) in [4.78, 5) is 3.81. The maximum atomic E-state index is 12.6. The Morgan fingerprint density at radius 1 is 1.00 bits per heavy atom. The summed E-state index contributed by atoms with van der Waals surface area (Å²) < 4.78 is 53.1. The molecule has 3 aromatic rings. The molecule has 0 saturated carbocycles. The Balaban J connectivity index is 1.80. The average Bonchev–Trinajstić information content (AvgIpc) is 2.98. The number of benzene rings is 1. The highest BCUT2D eigenvalue weighted by Crippen LogP contribution is 2.20. The number of sulfonamides is 1. The van der Waals surface area contributed by atoms with Crippen LogP contribution in [-0.4, -0.2) is 37.9 Å². The second kappa shape index (κ2) is 7.46. The van der Waals surface area contributed by atoms with Gasteiger partial charge in [0, 0.05) is 24.7 Å². The Hall–Kier alpha value is -2.56. The van der Waals surface area contributed by atoms with E-state index in [9.17, 15) is 16.8 Å². The predicted molar refractivity (Wildman–Crippen MR) is 104 cm³/mol. The van der Waals surface area contributed by atoms with E-state index in [-0.39, 0.29) is 16.3 Å². The molecular weight excluding hydrogens is 400 g/mol. The molecule has 2 aromatic heterocycles. The monoisotopic (exact) mass is 420 g/mol. The van der Waals surface area contributed by atoms with E-state index in [0.717, 1.165) is 17.6 Å². The summed E-state index contributed by atoms with van der Waals surface area (Å²) in [5.41, 5.74) is 2.45. The zero-order chi connectivity index (χ0) is 20.5. The summed E-state index contributed by atoms with van der Waals surface area (Å²) in [6.45, 7) is 3.79. The number of nitrogens with zero attached hydrogens (tertiary/aromatic N) is 3. The topological polar surface area (TPSA) is 111 Å². The van der Waals surface area contributed by atoms with Crippen molar-refractivity contribution in [2.24, 2.45) is 0 Å². The van der Waals surface area contributed by atoms with E-state index in [1.54, 1.807) is 23.0 Å². The second-order valence-electron chi connectivity index (χ2n) is 6.41. The van der Waals surface area contributed by atoms with Gasteiger partial charge < -0.3 is 0 Å². The molecule has 148 valence electrons. The average molecular weight is 421 g/mol. The Morgan fingerprint density at radius 2 is 1.68 bits per heavy atom. The minimum absolute atomic E-state index is 0.0230. The van der Waals surface area contributed by atoms with Crippen LogP contribution in [0.2, 0.25) is 0 Å². The molecule has 1 N–H and O–H groups in total.